The maximum absolute atomic E-state index is 12.9. The summed E-state index contributed by atoms with van der Waals surface area (Å²) >= 11 is 0. The lowest BCUT2D eigenvalue weighted by molar-refractivity contribution is -0.301. The van der Waals surface area contributed by atoms with Gasteiger partial charge in [0.25, 0.3) is 0 Å². The lowest BCUT2D eigenvalue weighted by Gasteiger charge is -2.41. The van der Waals surface area contributed by atoms with Crippen molar-refractivity contribution in [1.29, 1.82) is 0 Å². The Kier molecular flexibility index (Phi) is 35.9. The number of rotatable bonds is 42. The molecule has 0 bridgehead atoms. The van der Waals surface area contributed by atoms with Gasteiger partial charge in [-0.2, -0.15) is 8.42 Å². The van der Waals surface area contributed by atoms with E-state index in [0.717, 1.165) is 38.5 Å². The second-order valence-electron chi connectivity index (χ2n) is 16.7. The van der Waals surface area contributed by atoms with E-state index in [1.54, 1.807) is 0 Å². The Hall–Kier alpha value is -0.900. The van der Waals surface area contributed by atoms with Crippen LogP contribution in [-0.2, 0) is 38.3 Å². The van der Waals surface area contributed by atoms with E-state index in [1.165, 1.54) is 154 Å². The molecule has 1 fully saturated rings. The molecule has 1 rings (SSSR count). The minimum absolute atomic E-state index is 0.0446. The molecule has 0 aromatic rings. The summed E-state index contributed by atoms with van der Waals surface area (Å²) in [5.74, 6) is -0.393. The number of ether oxygens (including phenoxy) is 4. The first-order chi connectivity index (χ1) is 28.1. The summed E-state index contributed by atoms with van der Waals surface area (Å²) in [6.45, 7) is 4.03. The number of esters is 1. The zero-order valence-corrected chi connectivity index (χ0v) is 37.7. The summed E-state index contributed by atoms with van der Waals surface area (Å²) in [4.78, 5) is 12.9. The molecule has 1 aliphatic heterocycles. The van der Waals surface area contributed by atoms with E-state index in [9.17, 15) is 28.5 Å². The molecule has 346 valence electrons. The van der Waals surface area contributed by atoms with Crippen LogP contribution in [0.15, 0.2) is 0 Å². The number of unbranched alkanes of at least 4 members (excludes halogenated alkanes) is 29. The predicted octanol–water partition coefficient (Wildman–Crippen LogP) is 10.1. The van der Waals surface area contributed by atoms with Crippen molar-refractivity contribution in [1.82, 2.24) is 0 Å². The van der Waals surface area contributed by atoms with E-state index in [1.807, 2.05) is 0 Å². The Bertz CT molecular complexity index is 1030. The van der Waals surface area contributed by atoms with Gasteiger partial charge in [-0.25, -0.2) is 4.18 Å². The fraction of sp³-hybridized carbons (Fsp3) is 0.978. The smallest absolute Gasteiger partial charge is 0.397 e. The molecule has 6 unspecified atom stereocenters. The molecule has 1 saturated heterocycles. The van der Waals surface area contributed by atoms with Gasteiger partial charge in [-0.1, -0.05) is 200 Å². The van der Waals surface area contributed by atoms with Crippen LogP contribution >= 0.6 is 0 Å². The Morgan fingerprint density at radius 3 is 1.38 bits per heavy atom. The third-order valence-electron chi connectivity index (χ3n) is 11.2. The van der Waals surface area contributed by atoms with Crippen LogP contribution in [0.3, 0.4) is 0 Å². The highest BCUT2D eigenvalue weighted by molar-refractivity contribution is 7.80. The molecule has 0 saturated carbocycles. The molecule has 13 heteroatoms. The van der Waals surface area contributed by atoms with Gasteiger partial charge in [0.15, 0.2) is 6.29 Å². The molecule has 12 nitrogen and oxygen atoms in total. The molecule has 0 spiro atoms. The van der Waals surface area contributed by atoms with Crippen molar-refractivity contribution in [3.63, 3.8) is 0 Å². The van der Waals surface area contributed by atoms with Gasteiger partial charge in [0.2, 0.25) is 0 Å². The highest BCUT2D eigenvalue weighted by Crippen LogP contribution is 2.26. The average molecular weight is 853 g/mol. The fourth-order valence-corrected chi connectivity index (χ4v) is 8.12. The monoisotopic (exact) mass is 853 g/mol. The van der Waals surface area contributed by atoms with E-state index in [-0.39, 0.29) is 19.6 Å². The minimum atomic E-state index is -5.06. The molecule has 6 atom stereocenters. The summed E-state index contributed by atoms with van der Waals surface area (Å²) in [6, 6.07) is 0. The van der Waals surface area contributed by atoms with Crippen LogP contribution in [-0.4, -0.2) is 97.5 Å². The molecule has 0 aromatic carbocycles. The topological polar surface area (TPSA) is 178 Å². The molecule has 4 N–H and O–H groups in total. The second-order valence-corrected chi connectivity index (χ2v) is 17.8. The van der Waals surface area contributed by atoms with Crippen LogP contribution in [0.25, 0.3) is 0 Å². The Labute approximate surface area is 354 Å². The summed E-state index contributed by atoms with van der Waals surface area (Å²) < 4.78 is 59.1. The van der Waals surface area contributed by atoms with Crippen LogP contribution in [0.2, 0.25) is 0 Å². The first-order valence-electron chi connectivity index (χ1n) is 23.8. The van der Waals surface area contributed by atoms with Gasteiger partial charge in [0.05, 0.1) is 19.8 Å². The maximum Gasteiger partial charge on any atom is 0.397 e. The average Bonchev–Trinajstić information content (AvgIpc) is 3.19. The van der Waals surface area contributed by atoms with Gasteiger partial charge in [0.1, 0.15) is 30.5 Å². The number of aliphatic hydroxyl groups is 3. The van der Waals surface area contributed by atoms with Crippen molar-refractivity contribution < 1.29 is 56.2 Å². The number of hydrogen-bond donors (Lipinski definition) is 4. The fourth-order valence-electron chi connectivity index (χ4n) is 7.62. The maximum atomic E-state index is 12.9. The van der Waals surface area contributed by atoms with Crippen molar-refractivity contribution in [3.8, 4) is 0 Å². The first-order valence-corrected chi connectivity index (χ1v) is 25.2. The summed E-state index contributed by atoms with van der Waals surface area (Å²) in [6.07, 6.45) is 29.9. The van der Waals surface area contributed by atoms with Crippen LogP contribution < -0.4 is 0 Å². The molecule has 0 aromatic heterocycles. The number of carbonyl (C=O) groups is 1. The SMILES string of the molecule is CCCCCCCCCCCCCCCCCCCCC(=O)OC(COCCCCCCCCCCCCCCC)COC1OC(CO)C(O)C(OS(=O)(=O)O)C1O. The van der Waals surface area contributed by atoms with Gasteiger partial charge in [-0.3, -0.25) is 9.35 Å². The molecule has 58 heavy (non-hydrogen) atoms. The highest BCUT2D eigenvalue weighted by Gasteiger charge is 2.48. The quantitative estimate of drug-likeness (QED) is 0.0260. The normalized spacial score (nSPS) is 20.4. The lowest BCUT2D eigenvalue weighted by atomic mass is 9.99. The second kappa shape index (κ2) is 37.8. The van der Waals surface area contributed by atoms with Gasteiger partial charge in [-0.05, 0) is 12.8 Å². The number of carbonyl (C=O) groups excluding carboxylic acids is 1. The molecular weight excluding hydrogens is 765 g/mol. The zero-order chi connectivity index (χ0) is 42.5. The van der Waals surface area contributed by atoms with Gasteiger partial charge < -0.3 is 34.3 Å². The number of aliphatic hydroxyl groups excluding tert-OH is 3. The Balaban J connectivity index is 2.38. The van der Waals surface area contributed by atoms with E-state index in [0.29, 0.717) is 13.0 Å². The number of hydrogen-bond acceptors (Lipinski definition) is 11. The summed E-state index contributed by atoms with van der Waals surface area (Å²) in [5, 5.41) is 30.7. The Morgan fingerprint density at radius 1 is 0.586 bits per heavy atom. The summed E-state index contributed by atoms with van der Waals surface area (Å²) in [7, 11) is -5.06. The van der Waals surface area contributed by atoms with Crippen LogP contribution in [0.1, 0.15) is 219 Å². The van der Waals surface area contributed by atoms with Gasteiger partial charge in [-0.15, -0.1) is 0 Å². The molecular formula is C45H88O12S. The van der Waals surface area contributed by atoms with Crippen molar-refractivity contribution in [2.45, 2.75) is 256 Å². The highest BCUT2D eigenvalue weighted by atomic mass is 32.3. The molecule has 0 radical (unpaired) electrons. The third kappa shape index (κ3) is 31.0. The van der Waals surface area contributed by atoms with Gasteiger partial charge >= 0.3 is 16.4 Å². The lowest BCUT2D eigenvalue weighted by Crippen LogP contribution is -2.60. The van der Waals surface area contributed by atoms with Crippen molar-refractivity contribution in [2.75, 3.05) is 26.4 Å². The van der Waals surface area contributed by atoms with E-state index in [2.05, 4.69) is 18.0 Å². The van der Waals surface area contributed by atoms with Crippen LogP contribution in [0, 0.1) is 0 Å². The van der Waals surface area contributed by atoms with Crippen LogP contribution in [0.5, 0.6) is 0 Å². The standard InChI is InChI=1S/C45H88O12S/c1-3-5-7-9-11-13-15-17-18-19-20-21-22-24-26-28-30-32-34-41(47)55-39(37-53-35-33-31-29-27-25-23-16-14-12-10-8-6-4-2)38-54-45-43(49)44(57-58(50,51)52)42(48)40(36-46)56-45/h39-40,42-46,48-49H,3-38H2,1-2H3,(H,50,51,52). The zero-order valence-electron chi connectivity index (χ0n) is 36.9. The van der Waals surface area contributed by atoms with Crippen molar-refractivity contribution in [2.24, 2.45) is 0 Å². The molecule has 1 aliphatic rings. The first kappa shape index (κ1) is 55.1. The van der Waals surface area contributed by atoms with Crippen LogP contribution in [0.4, 0.5) is 0 Å². The molecule has 0 amide bonds. The van der Waals surface area contributed by atoms with Crippen molar-refractivity contribution >= 4 is 16.4 Å². The third-order valence-corrected chi connectivity index (χ3v) is 11.7. The van der Waals surface area contributed by atoms with E-state index >= 15 is 0 Å². The van der Waals surface area contributed by atoms with E-state index in [4.69, 9.17) is 23.5 Å². The largest absolute Gasteiger partial charge is 0.457 e. The minimum Gasteiger partial charge on any atom is -0.457 e. The predicted molar refractivity (Wildman–Crippen MR) is 230 cm³/mol. The van der Waals surface area contributed by atoms with E-state index < -0.39 is 59.8 Å². The Morgan fingerprint density at radius 2 is 0.983 bits per heavy atom. The molecule has 1 heterocycles. The summed E-state index contributed by atoms with van der Waals surface area (Å²) in [5.41, 5.74) is 0. The van der Waals surface area contributed by atoms with Crippen molar-refractivity contribution in [3.05, 3.63) is 0 Å². The van der Waals surface area contributed by atoms with Gasteiger partial charge in [0, 0.05) is 13.0 Å². The molecule has 0 aliphatic carbocycles.